The molecular formula is C16H21N5O2. The van der Waals surface area contributed by atoms with Crippen LogP contribution in [-0.4, -0.2) is 56.7 Å². The lowest BCUT2D eigenvalue weighted by Crippen LogP contribution is -2.48. The number of aromatic nitrogens is 3. The lowest BCUT2D eigenvalue weighted by atomic mass is 10.3. The summed E-state index contributed by atoms with van der Waals surface area (Å²) in [5.41, 5.74) is 0. The lowest BCUT2D eigenvalue weighted by Gasteiger charge is -2.33. The number of nitrogens with zero attached hydrogens (tertiary/aromatic N) is 5. The maximum absolute atomic E-state index is 12.3. The average Bonchev–Trinajstić information content (AvgIpc) is 3.13. The number of hydrogen-bond acceptors (Lipinski definition) is 5. The first-order valence-corrected chi connectivity index (χ1v) is 8.15. The van der Waals surface area contributed by atoms with Gasteiger partial charge in [0.2, 0.25) is 0 Å². The first-order chi connectivity index (χ1) is 11.2. The van der Waals surface area contributed by atoms with Gasteiger partial charge in [0, 0.05) is 39.1 Å². The second-order valence-corrected chi connectivity index (χ2v) is 6.35. The molecule has 0 unspecified atom stereocenters. The van der Waals surface area contributed by atoms with Crippen LogP contribution in [0.1, 0.15) is 41.0 Å². The van der Waals surface area contributed by atoms with Gasteiger partial charge in [-0.1, -0.05) is 0 Å². The molecule has 0 atom stereocenters. The van der Waals surface area contributed by atoms with Gasteiger partial charge in [-0.3, -0.25) is 9.69 Å². The van der Waals surface area contributed by atoms with Crippen LogP contribution in [-0.2, 0) is 13.6 Å². The molecule has 2 aliphatic rings. The van der Waals surface area contributed by atoms with E-state index < -0.39 is 0 Å². The number of carbonyl (C=O) groups excluding carboxylic acids is 1. The summed E-state index contributed by atoms with van der Waals surface area (Å²) < 4.78 is 7.33. The summed E-state index contributed by atoms with van der Waals surface area (Å²) in [7, 11) is 2.06. The minimum absolute atomic E-state index is 0.0238. The molecule has 2 aromatic heterocycles. The zero-order valence-corrected chi connectivity index (χ0v) is 13.3. The minimum atomic E-state index is -0.0238. The fourth-order valence-corrected chi connectivity index (χ4v) is 3.08. The Labute approximate surface area is 134 Å². The third kappa shape index (κ3) is 2.88. The van der Waals surface area contributed by atoms with Gasteiger partial charge in [0.15, 0.2) is 5.76 Å². The van der Waals surface area contributed by atoms with Gasteiger partial charge in [-0.15, -0.1) is 10.2 Å². The van der Waals surface area contributed by atoms with E-state index in [1.54, 1.807) is 12.1 Å². The highest BCUT2D eigenvalue weighted by Crippen LogP contribution is 2.38. The molecule has 2 aromatic rings. The molecule has 122 valence electrons. The Bertz CT molecular complexity index is 681. The van der Waals surface area contributed by atoms with Crippen LogP contribution in [0.25, 0.3) is 0 Å². The molecule has 1 saturated heterocycles. The predicted octanol–water partition coefficient (Wildman–Crippen LogP) is 1.24. The molecule has 0 bridgehead atoms. The van der Waals surface area contributed by atoms with Gasteiger partial charge < -0.3 is 13.9 Å². The number of piperazine rings is 1. The van der Waals surface area contributed by atoms with E-state index in [2.05, 4.69) is 26.7 Å². The second-order valence-electron chi connectivity index (χ2n) is 6.35. The molecular weight excluding hydrogens is 294 g/mol. The fraction of sp³-hybridized carbons (Fsp3) is 0.562. The predicted molar refractivity (Wildman–Crippen MR) is 82.9 cm³/mol. The van der Waals surface area contributed by atoms with Crippen molar-refractivity contribution in [3.05, 3.63) is 35.8 Å². The molecule has 2 fully saturated rings. The van der Waals surface area contributed by atoms with Gasteiger partial charge in [0.25, 0.3) is 5.91 Å². The van der Waals surface area contributed by atoms with Crippen LogP contribution in [0.15, 0.2) is 22.8 Å². The van der Waals surface area contributed by atoms with Crippen LogP contribution in [0.5, 0.6) is 0 Å². The van der Waals surface area contributed by atoms with E-state index in [0.717, 1.165) is 31.3 Å². The SMILES string of the molecule is Cn1c(CN2CCN(C(=O)c3ccco3)CC2)nnc1C1CC1. The van der Waals surface area contributed by atoms with Crippen LogP contribution in [0.4, 0.5) is 0 Å². The summed E-state index contributed by atoms with van der Waals surface area (Å²) in [6.07, 6.45) is 4.01. The molecule has 0 N–H and O–H groups in total. The molecule has 1 aliphatic carbocycles. The maximum atomic E-state index is 12.3. The van der Waals surface area contributed by atoms with Crippen molar-refractivity contribution >= 4 is 5.91 Å². The zero-order valence-electron chi connectivity index (χ0n) is 13.3. The number of hydrogen-bond donors (Lipinski definition) is 0. The van der Waals surface area contributed by atoms with E-state index in [4.69, 9.17) is 4.42 Å². The van der Waals surface area contributed by atoms with Crippen molar-refractivity contribution in [3.63, 3.8) is 0 Å². The van der Waals surface area contributed by atoms with Crippen molar-refractivity contribution in [2.45, 2.75) is 25.3 Å². The Kier molecular flexibility index (Phi) is 3.65. The van der Waals surface area contributed by atoms with Gasteiger partial charge in [-0.05, 0) is 25.0 Å². The highest BCUT2D eigenvalue weighted by Gasteiger charge is 2.30. The van der Waals surface area contributed by atoms with E-state index in [1.165, 1.54) is 19.1 Å². The smallest absolute Gasteiger partial charge is 0.289 e. The summed E-state index contributed by atoms with van der Waals surface area (Å²) in [5, 5.41) is 8.67. The van der Waals surface area contributed by atoms with E-state index >= 15 is 0 Å². The van der Waals surface area contributed by atoms with Crippen molar-refractivity contribution in [2.24, 2.45) is 7.05 Å². The third-order valence-corrected chi connectivity index (χ3v) is 4.70. The van der Waals surface area contributed by atoms with Crippen molar-refractivity contribution in [3.8, 4) is 0 Å². The molecule has 0 aromatic carbocycles. The van der Waals surface area contributed by atoms with Crippen LogP contribution in [0, 0.1) is 0 Å². The monoisotopic (exact) mass is 315 g/mol. The molecule has 3 heterocycles. The Morgan fingerprint density at radius 2 is 2.04 bits per heavy atom. The first-order valence-electron chi connectivity index (χ1n) is 8.15. The highest BCUT2D eigenvalue weighted by atomic mass is 16.3. The number of rotatable bonds is 4. The van der Waals surface area contributed by atoms with Crippen LogP contribution >= 0.6 is 0 Å². The molecule has 1 saturated carbocycles. The van der Waals surface area contributed by atoms with Gasteiger partial charge in [-0.2, -0.15) is 0 Å². The lowest BCUT2D eigenvalue weighted by molar-refractivity contribution is 0.0593. The summed E-state index contributed by atoms with van der Waals surface area (Å²) in [4.78, 5) is 16.4. The molecule has 4 rings (SSSR count). The summed E-state index contributed by atoms with van der Waals surface area (Å²) in [6.45, 7) is 3.91. The largest absolute Gasteiger partial charge is 0.459 e. The molecule has 1 aliphatic heterocycles. The van der Waals surface area contributed by atoms with Gasteiger partial charge >= 0.3 is 0 Å². The summed E-state index contributed by atoms with van der Waals surface area (Å²) in [6, 6.07) is 3.46. The van der Waals surface area contributed by atoms with Crippen molar-refractivity contribution in [2.75, 3.05) is 26.2 Å². The zero-order chi connectivity index (χ0) is 15.8. The van der Waals surface area contributed by atoms with Crippen LogP contribution in [0.3, 0.4) is 0 Å². The van der Waals surface area contributed by atoms with E-state index in [1.807, 2.05) is 4.90 Å². The standard InChI is InChI=1S/C16H21N5O2/c1-19-14(17-18-15(19)12-4-5-12)11-20-6-8-21(9-7-20)16(22)13-3-2-10-23-13/h2-3,10,12H,4-9,11H2,1H3. The normalized spacial score (nSPS) is 19.3. The molecule has 23 heavy (non-hydrogen) atoms. The maximum Gasteiger partial charge on any atom is 0.289 e. The van der Waals surface area contributed by atoms with Gasteiger partial charge in [0.05, 0.1) is 12.8 Å². The van der Waals surface area contributed by atoms with E-state index in [-0.39, 0.29) is 5.91 Å². The van der Waals surface area contributed by atoms with Gasteiger partial charge in [-0.25, -0.2) is 0 Å². The van der Waals surface area contributed by atoms with Crippen molar-refractivity contribution in [1.29, 1.82) is 0 Å². The molecule has 7 nitrogen and oxygen atoms in total. The van der Waals surface area contributed by atoms with Crippen LogP contribution < -0.4 is 0 Å². The molecule has 0 spiro atoms. The topological polar surface area (TPSA) is 67.4 Å². The second kappa shape index (κ2) is 5.81. The Balaban J connectivity index is 1.34. The van der Waals surface area contributed by atoms with Crippen molar-refractivity contribution < 1.29 is 9.21 Å². The summed E-state index contributed by atoms with van der Waals surface area (Å²) >= 11 is 0. The molecule has 7 heteroatoms. The Morgan fingerprint density at radius 1 is 1.26 bits per heavy atom. The van der Waals surface area contributed by atoms with E-state index in [9.17, 15) is 4.79 Å². The van der Waals surface area contributed by atoms with Gasteiger partial charge in [0.1, 0.15) is 11.6 Å². The first kappa shape index (κ1) is 14.4. The molecule has 1 amide bonds. The number of furan rings is 1. The Morgan fingerprint density at radius 3 is 2.70 bits per heavy atom. The minimum Gasteiger partial charge on any atom is -0.459 e. The average molecular weight is 315 g/mol. The highest BCUT2D eigenvalue weighted by molar-refractivity contribution is 5.91. The van der Waals surface area contributed by atoms with Crippen molar-refractivity contribution in [1.82, 2.24) is 24.6 Å². The van der Waals surface area contributed by atoms with Crippen LogP contribution in [0.2, 0.25) is 0 Å². The van der Waals surface area contributed by atoms with E-state index in [0.29, 0.717) is 24.8 Å². The fourth-order valence-electron chi connectivity index (χ4n) is 3.08. The summed E-state index contributed by atoms with van der Waals surface area (Å²) in [5.74, 6) is 3.14. The quantitative estimate of drug-likeness (QED) is 0.849. The third-order valence-electron chi connectivity index (χ3n) is 4.70. The molecule has 0 radical (unpaired) electrons. The number of amides is 1. The number of carbonyl (C=O) groups is 1. The Hall–Kier alpha value is -2.15.